The van der Waals surface area contributed by atoms with Crippen molar-refractivity contribution in [1.82, 2.24) is 0 Å². The van der Waals surface area contributed by atoms with Crippen LogP contribution in [-0.4, -0.2) is 23.0 Å². The molecule has 1 aliphatic heterocycles. The Bertz CT molecular complexity index is 200. The Hall–Kier alpha value is 0.205. The van der Waals surface area contributed by atoms with Gasteiger partial charge in [0.05, 0.1) is 15.9 Å². The Balaban J connectivity index is 2.76. The molecule has 0 radical (unpaired) electrons. The van der Waals surface area contributed by atoms with Crippen LogP contribution in [0.25, 0.3) is 0 Å². The highest BCUT2D eigenvalue weighted by Crippen LogP contribution is 2.38. The molecule has 0 saturated carbocycles. The minimum atomic E-state index is -0.257. The monoisotopic (exact) mass is 246 g/mol. The Labute approximate surface area is 89.0 Å². The first-order valence-corrected chi connectivity index (χ1v) is 5.34. The lowest BCUT2D eigenvalue weighted by molar-refractivity contribution is 0.00578. The van der Waals surface area contributed by atoms with Crippen molar-refractivity contribution in [1.29, 1.82) is 0 Å². The molecule has 0 spiro atoms. The van der Waals surface area contributed by atoms with Crippen molar-refractivity contribution in [3.05, 3.63) is 12.7 Å². The molecule has 1 aliphatic rings. The summed E-state index contributed by atoms with van der Waals surface area (Å²) in [4.78, 5) is 0. The maximum Gasteiger partial charge on any atom is 0.476 e. The second-order valence-electron chi connectivity index (χ2n) is 4.30. The van der Waals surface area contributed by atoms with Crippen LogP contribution in [0.3, 0.4) is 0 Å². The number of hydrogen-bond acceptors (Lipinski definition) is 2. The topological polar surface area (TPSA) is 18.5 Å². The van der Waals surface area contributed by atoms with Gasteiger partial charge in [0.25, 0.3) is 0 Å². The smallest absolute Gasteiger partial charge is 0.402 e. The zero-order valence-electron chi connectivity index (χ0n) is 8.63. The average Bonchev–Trinajstić information content (AvgIpc) is 2.20. The fourth-order valence-corrected chi connectivity index (χ4v) is 1.35. The lowest BCUT2D eigenvalue weighted by Gasteiger charge is -2.32. The Morgan fingerprint density at radius 3 is 1.92 bits per heavy atom. The van der Waals surface area contributed by atoms with Gasteiger partial charge in [0.2, 0.25) is 0 Å². The molecule has 4 heteroatoms. The molecule has 1 saturated heterocycles. The van der Waals surface area contributed by atoms with Crippen LogP contribution >= 0.6 is 15.9 Å². The van der Waals surface area contributed by atoms with Gasteiger partial charge in [0.1, 0.15) is 0 Å². The Morgan fingerprint density at radius 1 is 1.23 bits per heavy atom. The molecule has 1 heterocycles. The molecule has 0 amide bonds. The van der Waals surface area contributed by atoms with Gasteiger partial charge in [-0.1, -0.05) is 22.0 Å². The molecule has 0 N–H and O–H groups in total. The van der Waals surface area contributed by atoms with Gasteiger partial charge in [-0.25, -0.2) is 0 Å². The van der Waals surface area contributed by atoms with Crippen molar-refractivity contribution >= 4 is 23.0 Å². The number of halogens is 1. The van der Waals surface area contributed by atoms with Gasteiger partial charge in [0, 0.05) is 0 Å². The summed E-state index contributed by atoms with van der Waals surface area (Å²) in [6.45, 7) is 11.8. The van der Waals surface area contributed by atoms with E-state index < -0.39 is 0 Å². The van der Waals surface area contributed by atoms with E-state index in [2.05, 4.69) is 22.5 Å². The molecule has 0 bridgehead atoms. The quantitative estimate of drug-likeness (QED) is 0.424. The summed E-state index contributed by atoms with van der Waals surface area (Å²) in [5.74, 6) is 0. The second kappa shape index (κ2) is 3.41. The molecule has 0 aromatic rings. The van der Waals surface area contributed by atoms with Crippen LogP contribution in [0, 0.1) is 0 Å². The van der Waals surface area contributed by atoms with Gasteiger partial charge >= 0.3 is 7.12 Å². The van der Waals surface area contributed by atoms with Crippen LogP contribution in [0.1, 0.15) is 27.7 Å². The fourth-order valence-electron chi connectivity index (χ4n) is 1.13. The standard InChI is InChI=1S/C9H16BBrO2/c1-6-7(11)10-12-8(2,3)9(4,5)13-10/h6-7H,1H2,2-5H3. The number of allylic oxidation sites excluding steroid dienone is 1. The third-order valence-electron chi connectivity index (χ3n) is 2.76. The first-order chi connectivity index (χ1) is 5.80. The maximum absolute atomic E-state index is 5.78. The Kier molecular flexibility index (Phi) is 2.96. The Morgan fingerprint density at radius 2 is 1.62 bits per heavy atom. The van der Waals surface area contributed by atoms with Gasteiger partial charge in [-0.15, -0.1) is 6.58 Å². The molecule has 1 fully saturated rings. The SMILES string of the molecule is C=CC(Br)B1OC(C)(C)C(C)(C)O1. The highest BCUT2D eigenvalue weighted by molar-refractivity contribution is 9.10. The summed E-state index contributed by atoms with van der Waals surface area (Å²) in [5, 5.41) is 0. The average molecular weight is 247 g/mol. The van der Waals surface area contributed by atoms with Gasteiger partial charge in [-0.3, -0.25) is 0 Å². The molecular weight excluding hydrogens is 231 g/mol. The van der Waals surface area contributed by atoms with Crippen LogP contribution in [0.5, 0.6) is 0 Å². The zero-order chi connectivity index (χ0) is 10.3. The minimum Gasteiger partial charge on any atom is -0.402 e. The molecule has 1 atom stereocenters. The summed E-state index contributed by atoms with van der Waals surface area (Å²) >= 11 is 3.44. The van der Waals surface area contributed by atoms with E-state index >= 15 is 0 Å². The summed E-state index contributed by atoms with van der Waals surface area (Å²) < 4.78 is 11.6. The largest absolute Gasteiger partial charge is 0.476 e. The van der Waals surface area contributed by atoms with E-state index in [1.54, 1.807) is 6.08 Å². The lowest BCUT2D eigenvalue weighted by Crippen LogP contribution is -2.41. The second-order valence-corrected chi connectivity index (χ2v) is 5.36. The van der Waals surface area contributed by atoms with E-state index in [0.29, 0.717) is 0 Å². The molecule has 13 heavy (non-hydrogen) atoms. The van der Waals surface area contributed by atoms with Gasteiger partial charge in [-0.05, 0) is 27.7 Å². The van der Waals surface area contributed by atoms with E-state index in [9.17, 15) is 0 Å². The van der Waals surface area contributed by atoms with E-state index in [4.69, 9.17) is 9.31 Å². The van der Waals surface area contributed by atoms with Crippen LogP contribution in [0.4, 0.5) is 0 Å². The van der Waals surface area contributed by atoms with Crippen molar-refractivity contribution in [2.24, 2.45) is 0 Å². The van der Waals surface area contributed by atoms with Gasteiger partial charge in [-0.2, -0.15) is 0 Å². The van der Waals surface area contributed by atoms with Gasteiger partial charge in [0.15, 0.2) is 0 Å². The number of alkyl halides is 1. The summed E-state index contributed by atoms with van der Waals surface area (Å²) in [6.07, 6.45) is 1.78. The molecule has 1 rings (SSSR count). The molecule has 0 aromatic carbocycles. The number of hydrogen-bond donors (Lipinski definition) is 0. The number of rotatable bonds is 2. The lowest BCUT2D eigenvalue weighted by atomic mass is 9.85. The van der Waals surface area contributed by atoms with E-state index in [0.717, 1.165) is 0 Å². The third-order valence-corrected chi connectivity index (χ3v) is 3.56. The molecule has 0 aromatic heterocycles. The predicted octanol–water partition coefficient (Wildman–Crippen LogP) is 2.57. The van der Waals surface area contributed by atoms with Crippen molar-refractivity contribution in [2.45, 2.75) is 43.6 Å². The van der Waals surface area contributed by atoms with Crippen LogP contribution in [-0.2, 0) is 9.31 Å². The molecule has 0 aliphatic carbocycles. The summed E-state index contributed by atoms with van der Waals surface area (Å²) in [6, 6.07) is 0. The highest BCUT2D eigenvalue weighted by Gasteiger charge is 2.52. The molecule has 1 unspecified atom stereocenters. The van der Waals surface area contributed by atoms with Crippen molar-refractivity contribution < 1.29 is 9.31 Å². The highest BCUT2D eigenvalue weighted by atomic mass is 79.9. The molecule has 74 valence electrons. The normalized spacial score (nSPS) is 27.3. The first-order valence-electron chi connectivity index (χ1n) is 4.42. The third kappa shape index (κ3) is 2.00. The maximum atomic E-state index is 5.78. The van der Waals surface area contributed by atoms with Crippen molar-refractivity contribution in [2.75, 3.05) is 0 Å². The predicted molar refractivity (Wildman–Crippen MR) is 59.0 cm³/mol. The first kappa shape index (κ1) is 11.3. The molecular formula is C9H16BBrO2. The van der Waals surface area contributed by atoms with Crippen molar-refractivity contribution in [3.63, 3.8) is 0 Å². The van der Waals surface area contributed by atoms with E-state index in [1.807, 2.05) is 27.7 Å². The van der Waals surface area contributed by atoms with E-state index in [-0.39, 0.29) is 23.0 Å². The van der Waals surface area contributed by atoms with Crippen LogP contribution in [0.15, 0.2) is 12.7 Å². The van der Waals surface area contributed by atoms with Crippen LogP contribution in [0.2, 0.25) is 0 Å². The fraction of sp³-hybridized carbons (Fsp3) is 0.778. The minimum absolute atomic E-state index is 0.0496. The summed E-state index contributed by atoms with van der Waals surface area (Å²) in [5.41, 5.74) is -0.514. The molecule has 2 nitrogen and oxygen atoms in total. The van der Waals surface area contributed by atoms with Gasteiger partial charge < -0.3 is 9.31 Å². The zero-order valence-corrected chi connectivity index (χ0v) is 10.2. The van der Waals surface area contributed by atoms with Crippen LogP contribution < -0.4 is 0 Å². The van der Waals surface area contributed by atoms with Crippen molar-refractivity contribution in [3.8, 4) is 0 Å². The summed E-state index contributed by atoms with van der Waals surface area (Å²) in [7, 11) is -0.234. The van der Waals surface area contributed by atoms with E-state index in [1.165, 1.54) is 0 Å².